The van der Waals surface area contributed by atoms with Gasteiger partial charge in [0.25, 0.3) is 0 Å². The predicted octanol–water partition coefficient (Wildman–Crippen LogP) is 3.94. The maximum absolute atomic E-state index is 12.5. The first-order chi connectivity index (χ1) is 16.6. The van der Waals surface area contributed by atoms with Crippen LogP contribution in [0.25, 0.3) is 21.5 Å². The lowest BCUT2D eigenvalue weighted by Crippen LogP contribution is -2.43. The molecule has 0 aliphatic carbocycles. The van der Waals surface area contributed by atoms with E-state index in [1.54, 1.807) is 11.3 Å². The summed E-state index contributed by atoms with van der Waals surface area (Å²) >= 11 is 1.61. The molecule has 176 valence electrons. The third-order valence-corrected chi connectivity index (χ3v) is 7.40. The third kappa shape index (κ3) is 5.55. The van der Waals surface area contributed by atoms with Crippen LogP contribution in [-0.4, -0.2) is 65.4 Å². The summed E-state index contributed by atoms with van der Waals surface area (Å²) in [7, 11) is 2.18. The molecule has 3 heterocycles. The highest BCUT2D eigenvalue weighted by Crippen LogP contribution is 2.25. The molecule has 2 N–H and O–H groups in total. The molecular formula is C27H31N5OS. The van der Waals surface area contributed by atoms with Crippen LogP contribution < -0.4 is 5.32 Å². The molecule has 6 nitrogen and oxygen atoms in total. The van der Waals surface area contributed by atoms with Crippen LogP contribution >= 0.6 is 11.3 Å². The van der Waals surface area contributed by atoms with E-state index in [2.05, 4.69) is 63.5 Å². The summed E-state index contributed by atoms with van der Waals surface area (Å²) in [4.78, 5) is 25.4. The van der Waals surface area contributed by atoms with Crippen LogP contribution in [0.3, 0.4) is 0 Å². The third-order valence-electron chi connectivity index (χ3n) is 6.46. The number of nitrogens with zero attached hydrogens (tertiary/aromatic N) is 3. The van der Waals surface area contributed by atoms with E-state index in [1.807, 2.05) is 23.7 Å². The molecule has 0 spiro atoms. The number of carbonyl (C=O) groups is 1. The molecule has 1 fully saturated rings. The molecular weight excluding hydrogens is 442 g/mol. The number of H-pyrrole nitrogens is 1. The highest BCUT2D eigenvalue weighted by Gasteiger charge is 2.15. The Morgan fingerprint density at radius 1 is 1.12 bits per heavy atom. The summed E-state index contributed by atoms with van der Waals surface area (Å²) in [6, 6.07) is 16.9. The number of carbonyl (C=O) groups excluding carboxylic acids is 1. The van der Waals surface area contributed by atoms with Crippen LogP contribution in [-0.2, 0) is 24.2 Å². The average molecular weight is 474 g/mol. The molecule has 34 heavy (non-hydrogen) atoms. The van der Waals surface area contributed by atoms with Crippen molar-refractivity contribution in [3.8, 4) is 10.6 Å². The number of hydrogen-bond donors (Lipinski definition) is 2. The largest absolute Gasteiger partial charge is 0.361 e. The Morgan fingerprint density at radius 2 is 1.97 bits per heavy atom. The van der Waals surface area contributed by atoms with Gasteiger partial charge in [-0.05, 0) is 36.7 Å². The molecule has 1 saturated heterocycles. The minimum absolute atomic E-state index is 0.0144. The fourth-order valence-electron chi connectivity index (χ4n) is 4.49. The number of nitrogens with one attached hydrogen (secondary N) is 2. The summed E-state index contributed by atoms with van der Waals surface area (Å²) < 4.78 is 0. The Morgan fingerprint density at radius 3 is 2.85 bits per heavy atom. The SMILES string of the molecule is CN1CCN(Cc2cccc(-c3nc(CC(=O)NCCc4c[nH]c5ccccc45)cs3)c2)CC1. The van der Waals surface area contributed by atoms with Gasteiger partial charge in [-0.15, -0.1) is 11.3 Å². The van der Waals surface area contributed by atoms with E-state index in [0.717, 1.165) is 60.9 Å². The molecule has 0 saturated carbocycles. The molecule has 0 radical (unpaired) electrons. The van der Waals surface area contributed by atoms with E-state index in [1.165, 1.54) is 16.5 Å². The van der Waals surface area contributed by atoms with Gasteiger partial charge in [-0.1, -0.05) is 36.4 Å². The van der Waals surface area contributed by atoms with Crippen LogP contribution in [0.2, 0.25) is 0 Å². The standard InChI is InChI=1S/C27H31N5OS/c1-31-11-13-32(14-12-31)18-20-5-4-6-21(15-20)27-30-23(19-34-27)16-26(33)28-10-9-22-17-29-25-8-3-2-7-24(22)25/h2-8,15,17,19,29H,9-14,16,18H2,1H3,(H,28,33). The molecule has 0 atom stereocenters. The molecule has 0 bridgehead atoms. The molecule has 0 unspecified atom stereocenters. The van der Waals surface area contributed by atoms with Crippen molar-refractivity contribution in [3.05, 3.63) is 76.9 Å². The van der Waals surface area contributed by atoms with Gasteiger partial charge >= 0.3 is 0 Å². The normalized spacial score (nSPS) is 15.1. The van der Waals surface area contributed by atoms with Crippen LogP contribution in [0.1, 0.15) is 16.8 Å². The Hall–Kier alpha value is -3.00. The second-order valence-electron chi connectivity index (χ2n) is 9.06. The summed E-state index contributed by atoms with van der Waals surface area (Å²) in [5, 5.41) is 7.24. The van der Waals surface area contributed by atoms with Gasteiger partial charge < -0.3 is 15.2 Å². The molecule has 1 amide bonds. The van der Waals surface area contributed by atoms with Crippen LogP contribution in [0, 0.1) is 0 Å². The lowest BCUT2D eigenvalue weighted by molar-refractivity contribution is -0.120. The zero-order valence-electron chi connectivity index (χ0n) is 19.6. The second kappa shape index (κ2) is 10.5. The molecule has 5 rings (SSSR count). The number of rotatable bonds is 8. The van der Waals surface area contributed by atoms with Gasteiger partial charge in [0, 0.05) is 67.3 Å². The lowest BCUT2D eigenvalue weighted by atomic mass is 10.1. The highest BCUT2D eigenvalue weighted by molar-refractivity contribution is 7.13. The topological polar surface area (TPSA) is 64.3 Å². The van der Waals surface area contributed by atoms with Gasteiger partial charge in [0.15, 0.2) is 0 Å². The monoisotopic (exact) mass is 473 g/mol. The van der Waals surface area contributed by atoms with Crippen molar-refractivity contribution in [2.24, 2.45) is 0 Å². The number of likely N-dealkylation sites (N-methyl/N-ethyl adjacent to an activating group) is 1. The smallest absolute Gasteiger partial charge is 0.226 e. The van der Waals surface area contributed by atoms with E-state index in [0.29, 0.717) is 13.0 Å². The van der Waals surface area contributed by atoms with Crippen molar-refractivity contribution >= 4 is 28.1 Å². The second-order valence-corrected chi connectivity index (χ2v) is 9.92. The number of fused-ring (bicyclic) bond motifs is 1. The summed E-state index contributed by atoms with van der Waals surface area (Å²) in [6.45, 7) is 6.05. The average Bonchev–Trinajstić information content (AvgIpc) is 3.48. The van der Waals surface area contributed by atoms with Gasteiger partial charge in [-0.3, -0.25) is 9.69 Å². The maximum Gasteiger partial charge on any atom is 0.226 e. The fourth-order valence-corrected chi connectivity index (χ4v) is 5.31. The molecule has 4 aromatic rings. The Bertz CT molecular complexity index is 1250. The Kier molecular flexibility index (Phi) is 7.04. The predicted molar refractivity (Wildman–Crippen MR) is 139 cm³/mol. The van der Waals surface area contributed by atoms with Crippen molar-refractivity contribution in [1.82, 2.24) is 25.1 Å². The zero-order chi connectivity index (χ0) is 23.3. The quantitative estimate of drug-likeness (QED) is 0.407. The number of piperazine rings is 1. The number of benzene rings is 2. The fraction of sp³-hybridized carbons (Fsp3) is 0.333. The number of aromatic nitrogens is 2. The first-order valence-electron chi connectivity index (χ1n) is 11.9. The van der Waals surface area contributed by atoms with Gasteiger partial charge in [0.2, 0.25) is 5.91 Å². The van der Waals surface area contributed by atoms with Crippen LogP contribution in [0.4, 0.5) is 0 Å². The van der Waals surface area contributed by atoms with E-state index in [9.17, 15) is 4.79 Å². The van der Waals surface area contributed by atoms with Gasteiger partial charge in [0.05, 0.1) is 12.1 Å². The molecule has 2 aromatic carbocycles. The lowest BCUT2D eigenvalue weighted by Gasteiger charge is -2.32. The number of aromatic amines is 1. The molecule has 7 heteroatoms. The number of para-hydroxylation sites is 1. The summed E-state index contributed by atoms with van der Waals surface area (Å²) in [5.41, 5.74) is 5.63. The van der Waals surface area contributed by atoms with Crippen molar-refractivity contribution in [1.29, 1.82) is 0 Å². The molecule has 2 aromatic heterocycles. The van der Waals surface area contributed by atoms with Crippen LogP contribution in [0.5, 0.6) is 0 Å². The van der Waals surface area contributed by atoms with Crippen molar-refractivity contribution < 1.29 is 4.79 Å². The highest BCUT2D eigenvalue weighted by atomic mass is 32.1. The first-order valence-corrected chi connectivity index (χ1v) is 12.8. The zero-order valence-corrected chi connectivity index (χ0v) is 20.4. The van der Waals surface area contributed by atoms with E-state index in [-0.39, 0.29) is 5.91 Å². The Balaban J connectivity index is 1.14. The molecule has 1 aliphatic heterocycles. The number of amides is 1. The summed E-state index contributed by atoms with van der Waals surface area (Å²) in [5.74, 6) is 0.0144. The summed E-state index contributed by atoms with van der Waals surface area (Å²) in [6.07, 6.45) is 3.14. The Labute approximate surface area is 204 Å². The van der Waals surface area contributed by atoms with Crippen LogP contribution in [0.15, 0.2) is 60.1 Å². The minimum atomic E-state index is 0.0144. The van der Waals surface area contributed by atoms with Crippen molar-refractivity contribution in [2.75, 3.05) is 39.8 Å². The van der Waals surface area contributed by atoms with Crippen molar-refractivity contribution in [3.63, 3.8) is 0 Å². The first kappa shape index (κ1) is 22.8. The van der Waals surface area contributed by atoms with Gasteiger partial charge in [-0.2, -0.15) is 0 Å². The van der Waals surface area contributed by atoms with E-state index < -0.39 is 0 Å². The van der Waals surface area contributed by atoms with E-state index >= 15 is 0 Å². The van der Waals surface area contributed by atoms with E-state index in [4.69, 9.17) is 4.98 Å². The minimum Gasteiger partial charge on any atom is -0.361 e. The maximum atomic E-state index is 12.5. The molecule has 1 aliphatic rings. The van der Waals surface area contributed by atoms with Crippen molar-refractivity contribution in [2.45, 2.75) is 19.4 Å². The number of hydrogen-bond acceptors (Lipinski definition) is 5. The number of thiazole rings is 1. The van der Waals surface area contributed by atoms with Gasteiger partial charge in [0.1, 0.15) is 5.01 Å². The van der Waals surface area contributed by atoms with Gasteiger partial charge in [-0.25, -0.2) is 4.98 Å².